The van der Waals surface area contributed by atoms with Gasteiger partial charge in [0.2, 0.25) is 0 Å². The molecule has 0 spiro atoms. The molecule has 102 valence electrons. The maximum Gasteiger partial charge on any atom is 0.389 e. The second-order valence-corrected chi connectivity index (χ2v) is 4.51. The molecule has 0 rings (SSSR count). The Morgan fingerprint density at radius 3 is 1.94 bits per heavy atom. The van der Waals surface area contributed by atoms with E-state index in [4.69, 9.17) is 0 Å². The Hall–Kier alpha value is -0.740. The van der Waals surface area contributed by atoms with Crippen LogP contribution in [0.2, 0.25) is 0 Å². The fourth-order valence-electron chi connectivity index (χ4n) is 1.99. The maximum atomic E-state index is 12.0. The van der Waals surface area contributed by atoms with Gasteiger partial charge in [0.25, 0.3) is 0 Å². The topological polar surface area (TPSA) is 37.3 Å². The minimum Gasteiger partial charge on any atom is -0.481 e. The van der Waals surface area contributed by atoms with Gasteiger partial charge in [-0.25, -0.2) is 0 Å². The zero-order valence-electron chi connectivity index (χ0n) is 10.4. The lowest BCUT2D eigenvalue weighted by Crippen LogP contribution is -2.30. The molecule has 0 fully saturated rings. The smallest absolute Gasteiger partial charge is 0.389 e. The number of carboxylic acids is 1. The number of hydrogen-bond acceptors (Lipinski definition) is 1. The van der Waals surface area contributed by atoms with Gasteiger partial charge >= 0.3 is 12.1 Å². The van der Waals surface area contributed by atoms with Gasteiger partial charge in [-0.15, -0.1) is 0 Å². The van der Waals surface area contributed by atoms with Gasteiger partial charge in [-0.3, -0.25) is 4.79 Å². The van der Waals surface area contributed by atoms with Crippen molar-refractivity contribution < 1.29 is 23.1 Å². The minimum absolute atomic E-state index is 0.104. The monoisotopic (exact) mass is 254 g/mol. The molecule has 0 aliphatic rings. The molecule has 0 heterocycles. The lowest BCUT2D eigenvalue weighted by Gasteiger charge is -2.28. The Morgan fingerprint density at radius 1 is 1.06 bits per heavy atom. The van der Waals surface area contributed by atoms with Crippen molar-refractivity contribution in [2.45, 2.75) is 65.0 Å². The standard InChI is InChI=1S/C12H21F3O2/c1-3-5-7-11(4-2,10(16)17)8-6-9-12(13,14)15/h3-9H2,1-2H3,(H,16,17). The Bertz CT molecular complexity index is 238. The van der Waals surface area contributed by atoms with Crippen LogP contribution in [-0.2, 0) is 4.79 Å². The fourth-order valence-corrected chi connectivity index (χ4v) is 1.99. The summed E-state index contributed by atoms with van der Waals surface area (Å²) in [4.78, 5) is 11.2. The average molecular weight is 254 g/mol. The first-order valence-electron chi connectivity index (χ1n) is 6.07. The predicted molar refractivity (Wildman–Crippen MR) is 59.8 cm³/mol. The van der Waals surface area contributed by atoms with E-state index in [1.165, 1.54) is 0 Å². The van der Waals surface area contributed by atoms with Gasteiger partial charge in [0, 0.05) is 6.42 Å². The molecule has 1 unspecified atom stereocenters. The van der Waals surface area contributed by atoms with Crippen LogP contribution in [0.4, 0.5) is 13.2 Å². The van der Waals surface area contributed by atoms with Gasteiger partial charge in [0.1, 0.15) is 0 Å². The van der Waals surface area contributed by atoms with Crippen molar-refractivity contribution >= 4 is 5.97 Å². The third kappa shape index (κ3) is 5.94. The summed E-state index contributed by atoms with van der Waals surface area (Å²) in [6.07, 6.45) is -2.63. The van der Waals surface area contributed by atoms with Crippen LogP contribution in [-0.4, -0.2) is 17.3 Å². The molecular weight excluding hydrogens is 233 g/mol. The summed E-state index contributed by atoms with van der Waals surface area (Å²) < 4.78 is 36.1. The summed E-state index contributed by atoms with van der Waals surface area (Å²) in [5.74, 6) is -0.962. The van der Waals surface area contributed by atoms with Gasteiger partial charge in [-0.2, -0.15) is 13.2 Å². The number of alkyl halides is 3. The van der Waals surface area contributed by atoms with Crippen LogP contribution in [0, 0.1) is 5.41 Å². The van der Waals surface area contributed by atoms with Crippen LogP contribution < -0.4 is 0 Å². The number of hydrogen-bond donors (Lipinski definition) is 1. The van der Waals surface area contributed by atoms with Gasteiger partial charge < -0.3 is 5.11 Å². The molecule has 5 heteroatoms. The van der Waals surface area contributed by atoms with E-state index in [0.29, 0.717) is 12.8 Å². The van der Waals surface area contributed by atoms with Crippen molar-refractivity contribution in [2.24, 2.45) is 5.41 Å². The van der Waals surface area contributed by atoms with Gasteiger partial charge in [0.15, 0.2) is 0 Å². The minimum atomic E-state index is -4.19. The first kappa shape index (κ1) is 16.3. The third-order valence-corrected chi connectivity index (χ3v) is 3.25. The molecule has 1 N–H and O–H groups in total. The number of aliphatic carboxylic acids is 1. The molecule has 2 nitrogen and oxygen atoms in total. The zero-order chi connectivity index (χ0) is 13.5. The molecule has 0 aromatic carbocycles. The zero-order valence-corrected chi connectivity index (χ0v) is 10.4. The molecule has 0 radical (unpaired) electrons. The third-order valence-electron chi connectivity index (χ3n) is 3.25. The van der Waals surface area contributed by atoms with E-state index in [-0.39, 0.29) is 12.8 Å². The van der Waals surface area contributed by atoms with Crippen LogP contribution in [0.25, 0.3) is 0 Å². The van der Waals surface area contributed by atoms with Crippen LogP contribution in [0.15, 0.2) is 0 Å². The SMILES string of the molecule is CCCCC(CC)(CCCC(F)(F)F)C(=O)O. The highest BCUT2D eigenvalue weighted by Crippen LogP contribution is 2.36. The Balaban J connectivity index is 4.42. The first-order chi connectivity index (χ1) is 7.77. The van der Waals surface area contributed by atoms with Crippen LogP contribution in [0.3, 0.4) is 0 Å². The second kappa shape index (κ2) is 6.87. The van der Waals surface area contributed by atoms with Crippen molar-refractivity contribution in [1.82, 2.24) is 0 Å². The number of unbranched alkanes of at least 4 members (excludes halogenated alkanes) is 1. The fraction of sp³-hybridized carbons (Fsp3) is 0.917. The quantitative estimate of drug-likeness (QED) is 0.697. The van der Waals surface area contributed by atoms with Crippen LogP contribution in [0.5, 0.6) is 0 Å². The maximum absolute atomic E-state index is 12.0. The van der Waals surface area contributed by atoms with Crippen molar-refractivity contribution in [1.29, 1.82) is 0 Å². The normalized spacial score (nSPS) is 15.6. The van der Waals surface area contributed by atoms with Crippen molar-refractivity contribution in [2.75, 3.05) is 0 Å². The van der Waals surface area contributed by atoms with Crippen molar-refractivity contribution in [3.8, 4) is 0 Å². The van der Waals surface area contributed by atoms with Crippen molar-refractivity contribution in [3.63, 3.8) is 0 Å². The van der Waals surface area contributed by atoms with E-state index in [1.54, 1.807) is 6.92 Å². The first-order valence-corrected chi connectivity index (χ1v) is 6.07. The molecular formula is C12H21F3O2. The van der Waals surface area contributed by atoms with Gasteiger partial charge in [0.05, 0.1) is 5.41 Å². The Kier molecular flexibility index (Phi) is 6.57. The average Bonchev–Trinajstić information content (AvgIpc) is 2.21. The molecule has 0 aliphatic heterocycles. The van der Waals surface area contributed by atoms with E-state index in [2.05, 4.69) is 0 Å². The van der Waals surface area contributed by atoms with E-state index in [0.717, 1.165) is 12.8 Å². The van der Waals surface area contributed by atoms with Crippen LogP contribution >= 0.6 is 0 Å². The number of carboxylic acid groups (broad SMARTS) is 1. The molecule has 0 aromatic rings. The summed E-state index contributed by atoms with van der Waals surface area (Å²) >= 11 is 0. The molecule has 0 saturated carbocycles. The van der Waals surface area contributed by atoms with E-state index in [1.807, 2.05) is 6.92 Å². The highest BCUT2D eigenvalue weighted by Gasteiger charge is 2.37. The van der Waals surface area contributed by atoms with Crippen molar-refractivity contribution in [3.05, 3.63) is 0 Å². The van der Waals surface area contributed by atoms with E-state index in [9.17, 15) is 23.1 Å². The molecule has 0 aliphatic carbocycles. The van der Waals surface area contributed by atoms with E-state index < -0.39 is 24.0 Å². The molecule has 0 amide bonds. The number of halogens is 3. The number of rotatable bonds is 8. The Morgan fingerprint density at radius 2 is 1.59 bits per heavy atom. The van der Waals surface area contributed by atoms with Gasteiger partial charge in [-0.05, 0) is 25.7 Å². The highest BCUT2D eigenvalue weighted by molar-refractivity contribution is 5.74. The van der Waals surface area contributed by atoms with E-state index >= 15 is 0 Å². The molecule has 1 atom stereocenters. The lowest BCUT2D eigenvalue weighted by molar-refractivity contribution is -0.153. The van der Waals surface area contributed by atoms with Gasteiger partial charge in [-0.1, -0.05) is 26.7 Å². The molecule has 0 bridgehead atoms. The van der Waals surface area contributed by atoms with Crippen LogP contribution in [0.1, 0.15) is 58.8 Å². The largest absolute Gasteiger partial charge is 0.481 e. The number of carbonyl (C=O) groups is 1. The summed E-state index contributed by atoms with van der Waals surface area (Å²) in [5.41, 5.74) is -0.971. The summed E-state index contributed by atoms with van der Waals surface area (Å²) in [6, 6.07) is 0. The summed E-state index contributed by atoms with van der Waals surface area (Å²) in [7, 11) is 0. The molecule has 0 saturated heterocycles. The highest BCUT2D eigenvalue weighted by atomic mass is 19.4. The Labute approximate surface area is 100 Å². The summed E-state index contributed by atoms with van der Waals surface area (Å²) in [6.45, 7) is 3.68. The molecule has 0 aromatic heterocycles. The molecule has 17 heavy (non-hydrogen) atoms. The lowest BCUT2D eigenvalue weighted by atomic mass is 9.76. The summed E-state index contributed by atoms with van der Waals surface area (Å²) in [5, 5.41) is 9.20. The second-order valence-electron chi connectivity index (χ2n) is 4.51. The predicted octanol–water partition coefficient (Wildman–Crippen LogP) is 4.39.